The molecular formula is C21H24BrN3O2. The molecule has 0 unspecified atom stereocenters. The van der Waals surface area contributed by atoms with Gasteiger partial charge in [-0.2, -0.15) is 0 Å². The predicted octanol–water partition coefficient (Wildman–Crippen LogP) is 4.44. The van der Waals surface area contributed by atoms with Gasteiger partial charge in [0.1, 0.15) is 0 Å². The summed E-state index contributed by atoms with van der Waals surface area (Å²) in [5.41, 5.74) is 2.73. The third-order valence-electron chi connectivity index (χ3n) is 4.59. The van der Waals surface area contributed by atoms with Gasteiger partial charge in [0, 0.05) is 41.0 Å². The van der Waals surface area contributed by atoms with Crippen LogP contribution in [0.2, 0.25) is 0 Å². The summed E-state index contributed by atoms with van der Waals surface area (Å²) < 4.78 is 0.920. The molecule has 0 spiro atoms. The van der Waals surface area contributed by atoms with Crippen LogP contribution in [0.3, 0.4) is 0 Å². The molecule has 2 N–H and O–H groups in total. The van der Waals surface area contributed by atoms with Crippen molar-refractivity contribution in [3.05, 3.63) is 58.1 Å². The summed E-state index contributed by atoms with van der Waals surface area (Å²) >= 11 is 3.37. The minimum Gasteiger partial charge on any atom is -0.371 e. The van der Waals surface area contributed by atoms with E-state index in [1.54, 1.807) is 18.2 Å². The summed E-state index contributed by atoms with van der Waals surface area (Å²) in [5.74, 6) is -0.296. The molecule has 0 saturated carbocycles. The number of hydrogen-bond donors (Lipinski definition) is 2. The fourth-order valence-corrected chi connectivity index (χ4v) is 3.43. The smallest absolute Gasteiger partial charge is 0.255 e. The number of carbonyl (C=O) groups is 2. The standard InChI is InChI=1S/C21H24BrN3O2/c1-2-11-23-21(27)18-14-17(9-10-19(18)25-12-3-4-13-25)24-20(26)15-5-7-16(22)8-6-15/h5-10,14H,2-4,11-13H2,1H3,(H,23,27)(H,24,26). The van der Waals surface area contributed by atoms with Crippen LogP contribution in [-0.2, 0) is 0 Å². The van der Waals surface area contributed by atoms with Gasteiger partial charge in [-0.1, -0.05) is 22.9 Å². The van der Waals surface area contributed by atoms with E-state index in [0.29, 0.717) is 23.4 Å². The first kappa shape index (κ1) is 19.4. The quantitative estimate of drug-likeness (QED) is 0.713. The second-order valence-electron chi connectivity index (χ2n) is 6.64. The summed E-state index contributed by atoms with van der Waals surface area (Å²) in [4.78, 5) is 27.4. The van der Waals surface area contributed by atoms with E-state index in [9.17, 15) is 9.59 Å². The molecule has 1 aliphatic rings. The highest BCUT2D eigenvalue weighted by molar-refractivity contribution is 9.10. The number of benzene rings is 2. The molecule has 0 bridgehead atoms. The van der Waals surface area contributed by atoms with E-state index >= 15 is 0 Å². The molecular weight excluding hydrogens is 406 g/mol. The minimum atomic E-state index is -0.198. The van der Waals surface area contributed by atoms with Gasteiger partial charge in [0.05, 0.1) is 5.56 Å². The number of nitrogens with zero attached hydrogens (tertiary/aromatic N) is 1. The Balaban J connectivity index is 1.84. The molecule has 0 atom stereocenters. The number of hydrogen-bond acceptors (Lipinski definition) is 3. The molecule has 0 aromatic heterocycles. The molecule has 3 rings (SSSR count). The van der Waals surface area contributed by atoms with Crippen molar-refractivity contribution in [2.75, 3.05) is 29.9 Å². The Morgan fingerprint density at radius 1 is 1.04 bits per heavy atom. The summed E-state index contributed by atoms with van der Waals surface area (Å²) in [6.07, 6.45) is 3.15. The van der Waals surface area contributed by atoms with Crippen LogP contribution in [0.5, 0.6) is 0 Å². The molecule has 27 heavy (non-hydrogen) atoms. The van der Waals surface area contributed by atoms with Crippen LogP contribution in [0, 0.1) is 0 Å². The Labute approximate surface area is 168 Å². The van der Waals surface area contributed by atoms with Gasteiger partial charge in [-0.25, -0.2) is 0 Å². The second-order valence-corrected chi connectivity index (χ2v) is 7.56. The van der Waals surface area contributed by atoms with Crippen LogP contribution in [0.4, 0.5) is 11.4 Å². The molecule has 1 saturated heterocycles. The zero-order valence-electron chi connectivity index (χ0n) is 15.4. The summed E-state index contributed by atoms with van der Waals surface area (Å²) in [6, 6.07) is 12.7. The molecule has 6 heteroatoms. The Bertz CT molecular complexity index is 815. The third-order valence-corrected chi connectivity index (χ3v) is 5.12. The summed E-state index contributed by atoms with van der Waals surface area (Å²) in [5, 5.41) is 5.84. The van der Waals surface area contributed by atoms with Crippen molar-refractivity contribution in [2.24, 2.45) is 0 Å². The van der Waals surface area contributed by atoms with Crippen LogP contribution in [0.1, 0.15) is 46.9 Å². The van der Waals surface area contributed by atoms with Crippen LogP contribution < -0.4 is 15.5 Å². The normalized spacial score (nSPS) is 13.5. The molecule has 0 aliphatic carbocycles. The Morgan fingerprint density at radius 2 is 1.74 bits per heavy atom. The molecule has 5 nitrogen and oxygen atoms in total. The predicted molar refractivity (Wildman–Crippen MR) is 113 cm³/mol. The number of halogens is 1. The molecule has 2 amide bonds. The van der Waals surface area contributed by atoms with E-state index in [-0.39, 0.29) is 11.8 Å². The van der Waals surface area contributed by atoms with Crippen LogP contribution in [0.25, 0.3) is 0 Å². The Hall–Kier alpha value is -2.34. The second kappa shape index (κ2) is 9.04. The van der Waals surface area contributed by atoms with Crippen LogP contribution in [0.15, 0.2) is 46.9 Å². The monoisotopic (exact) mass is 429 g/mol. The number of rotatable bonds is 6. The largest absolute Gasteiger partial charge is 0.371 e. The third kappa shape index (κ3) is 4.89. The van der Waals surface area contributed by atoms with E-state index in [1.165, 1.54) is 0 Å². The highest BCUT2D eigenvalue weighted by Crippen LogP contribution is 2.28. The van der Waals surface area contributed by atoms with Crippen molar-refractivity contribution in [2.45, 2.75) is 26.2 Å². The molecule has 2 aromatic rings. The average Bonchev–Trinajstić information content (AvgIpc) is 3.21. The molecule has 1 fully saturated rings. The van der Waals surface area contributed by atoms with Gasteiger partial charge >= 0.3 is 0 Å². The maximum absolute atomic E-state index is 12.7. The lowest BCUT2D eigenvalue weighted by molar-refractivity contribution is 0.0952. The fourth-order valence-electron chi connectivity index (χ4n) is 3.17. The first-order chi connectivity index (χ1) is 13.1. The lowest BCUT2D eigenvalue weighted by Crippen LogP contribution is -2.28. The van der Waals surface area contributed by atoms with Crippen molar-refractivity contribution >= 4 is 39.1 Å². The van der Waals surface area contributed by atoms with Gasteiger partial charge in [0.15, 0.2) is 0 Å². The first-order valence-corrected chi connectivity index (χ1v) is 10.1. The van der Waals surface area contributed by atoms with E-state index in [2.05, 4.69) is 31.5 Å². The van der Waals surface area contributed by atoms with E-state index in [4.69, 9.17) is 0 Å². The molecule has 0 radical (unpaired) electrons. The van der Waals surface area contributed by atoms with E-state index < -0.39 is 0 Å². The highest BCUT2D eigenvalue weighted by Gasteiger charge is 2.20. The fraction of sp³-hybridized carbons (Fsp3) is 0.333. The number of nitrogens with one attached hydrogen (secondary N) is 2. The maximum atomic E-state index is 12.7. The van der Waals surface area contributed by atoms with Gasteiger partial charge < -0.3 is 15.5 Å². The molecule has 1 aliphatic heterocycles. The molecule has 1 heterocycles. The van der Waals surface area contributed by atoms with Crippen molar-refractivity contribution in [1.82, 2.24) is 5.32 Å². The summed E-state index contributed by atoms with van der Waals surface area (Å²) in [6.45, 7) is 4.57. The van der Waals surface area contributed by atoms with Gasteiger partial charge in [-0.3, -0.25) is 9.59 Å². The van der Waals surface area contributed by atoms with Crippen molar-refractivity contribution in [3.63, 3.8) is 0 Å². The average molecular weight is 430 g/mol. The lowest BCUT2D eigenvalue weighted by Gasteiger charge is -2.22. The van der Waals surface area contributed by atoms with Gasteiger partial charge in [-0.05, 0) is 61.7 Å². The summed E-state index contributed by atoms with van der Waals surface area (Å²) in [7, 11) is 0. The van der Waals surface area contributed by atoms with Crippen LogP contribution in [-0.4, -0.2) is 31.4 Å². The van der Waals surface area contributed by atoms with Gasteiger partial charge in [0.25, 0.3) is 11.8 Å². The van der Waals surface area contributed by atoms with E-state index in [0.717, 1.165) is 42.5 Å². The number of amides is 2. The minimum absolute atomic E-state index is 0.0986. The zero-order valence-corrected chi connectivity index (χ0v) is 17.0. The first-order valence-electron chi connectivity index (χ1n) is 9.32. The Kier molecular flexibility index (Phi) is 6.50. The van der Waals surface area contributed by atoms with Crippen molar-refractivity contribution in [1.29, 1.82) is 0 Å². The zero-order chi connectivity index (χ0) is 19.2. The SMILES string of the molecule is CCCNC(=O)c1cc(NC(=O)c2ccc(Br)cc2)ccc1N1CCCC1. The lowest BCUT2D eigenvalue weighted by atomic mass is 10.1. The van der Waals surface area contributed by atoms with Crippen molar-refractivity contribution < 1.29 is 9.59 Å². The Morgan fingerprint density at radius 3 is 2.41 bits per heavy atom. The molecule has 2 aromatic carbocycles. The van der Waals surface area contributed by atoms with Crippen molar-refractivity contribution in [3.8, 4) is 0 Å². The number of carbonyl (C=O) groups excluding carboxylic acids is 2. The topological polar surface area (TPSA) is 61.4 Å². The van der Waals surface area contributed by atoms with Crippen LogP contribution >= 0.6 is 15.9 Å². The maximum Gasteiger partial charge on any atom is 0.255 e. The highest BCUT2D eigenvalue weighted by atomic mass is 79.9. The van der Waals surface area contributed by atoms with Gasteiger partial charge in [0.2, 0.25) is 0 Å². The number of anilines is 2. The van der Waals surface area contributed by atoms with Gasteiger partial charge in [-0.15, -0.1) is 0 Å². The van der Waals surface area contributed by atoms with E-state index in [1.807, 2.05) is 31.2 Å². The molecule has 142 valence electrons.